The standard InChI is InChI=1S/C11H11BrN2O4/c12-4-1-5-13-9-6-8(14(16)17)2-3-10(9)18-7-11(13)15/h2-3,6H,1,4-5,7H2. The van der Waals surface area contributed by atoms with Crippen LogP contribution in [0.5, 0.6) is 5.75 Å². The minimum Gasteiger partial charge on any atom is -0.482 e. The third-order valence-electron chi connectivity index (χ3n) is 2.61. The van der Waals surface area contributed by atoms with E-state index >= 15 is 0 Å². The Morgan fingerprint density at radius 3 is 2.94 bits per heavy atom. The lowest BCUT2D eigenvalue weighted by Gasteiger charge is -2.28. The molecule has 6 nitrogen and oxygen atoms in total. The van der Waals surface area contributed by atoms with E-state index in [1.807, 2.05) is 0 Å². The van der Waals surface area contributed by atoms with E-state index in [1.54, 1.807) is 0 Å². The van der Waals surface area contributed by atoms with Crippen molar-refractivity contribution in [3.63, 3.8) is 0 Å². The highest BCUT2D eigenvalue weighted by Crippen LogP contribution is 2.35. The summed E-state index contributed by atoms with van der Waals surface area (Å²) in [5.41, 5.74) is 0.428. The Morgan fingerprint density at radius 2 is 2.28 bits per heavy atom. The molecule has 1 aromatic rings. The summed E-state index contributed by atoms with van der Waals surface area (Å²) in [4.78, 5) is 23.6. The molecule has 18 heavy (non-hydrogen) atoms. The monoisotopic (exact) mass is 314 g/mol. The van der Waals surface area contributed by atoms with Crippen LogP contribution >= 0.6 is 15.9 Å². The van der Waals surface area contributed by atoms with Crippen molar-refractivity contribution in [3.05, 3.63) is 28.3 Å². The molecular formula is C11H11BrN2O4. The molecule has 7 heteroatoms. The van der Waals surface area contributed by atoms with Gasteiger partial charge >= 0.3 is 0 Å². The number of benzene rings is 1. The molecule has 1 aromatic carbocycles. The van der Waals surface area contributed by atoms with Crippen LogP contribution in [0.4, 0.5) is 11.4 Å². The lowest BCUT2D eigenvalue weighted by molar-refractivity contribution is -0.384. The molecule has 0 aliphatic carbocycles. The third kappa shape index (κ3) is 2.45. The molecule has 0 spiro atoms. The van der Waals surface area contributed by atoms with Crippen LogP contribution < -0.4 is 9.64 Å². The molecule has 0 aromatic heterocycles. The molecule has 0 fully saturated rings. The summed E-state index contributed by atoms with van der Waals surface area (Å²) in [7, 11) is 0. The summed E-state index contributed by atoms with van der Waals surface area (Å²) in [5.74, 6) is 0.332. The molecule has 0 radical (unpaired) electrons. The SMILES string of the molecule is O=C1COc2ccc([N+](=O)[O-])cc2N1CCCBr. The summed E-state index contributed by atoms with van der Waals surface area (Å²) in [6, 6.07) is 4.28. The predicted octanol–water partition coefficient (Wildman–Crippen LogP) is 2.11. The minimum atomic E-state index is -0.484. The molecule has 2 rings (SSSR count). The molecular weight excluding hydrogens is 304 g/mol. The molecule has 0 N–H and O–H groups in total. The minimum absolute atomic E-state index is 0.0207. The molecule has 1 aliphatic rings. The van der Waals surface area contributed by atoms with Gasteiger partial charge in [0.15, 0.2) is 6.61 Å². The fraction of sp³-hybridized carbons (Fsp3) is 0.364. The number of hydrogen-bond acceptors (Lipinski definition) is 4. The number of non-ortho nitro benzene ring substituents is 1. The zero-order chi connectivity index (χ0) is 13.1. The van der Waals surface area contributed by atoms with Crippen molar-refractivity contribution in [2.45, 2.75) is 6.42 Å². The van der Waals surface area contributed by atoms with Gasteiger partial charge in [0.1, 0.15) is 5.75 Å². The molecule has 0 atom stereocenters. The number of nitro benzene ring substituents is 1. The van der Waals surface area contributed by atoms with Gasteiger partial charge in [-0.2, -0.15) is 0 Å². The highest BCUT2D eigenvalue weighted by atomic mass is 79.9. The van der Waals surface area contributed by atoms with Gasteiger partial charge in [-0.25, -0.2) is 0 Å². The smallest absolute Gasteiger partial charge is 0.271 e. The van der Waals surface area contributed by atoms with Crippen LogP contribution in [0.2, 0.25) is 0 Å². The van der Waals surface area contributed by atoms with Crippen molar-refractivity contribution >= 4 is 33.2 Å². The molecule has 0 saturated carbocycles. The fourth-order valence-corrected chi connectivity index (χ4v) is 2.02. The number of fused-ring (bicyclic) bond motifs is 1. The number of ether oxygens (including phenoxy) is 1. The molecule has 1 aliphatic heterocycles. The fourth-order valence-electron chi connectivity index (χ4n) is 1.77. The van der Waals surface area contributed by atoms with Gasteiger partial charge in [0, 0.05) is 24.0 Å². The first kappa shape index (κ1) is 12.8. The number of hydrogen-bond donors (Lipinski definition) is 0. The van der Waals surface area contributed by atoms with E-state index in [9.17, 15) is 14.9 Å². The van der Waals surface area contributed by atoms with Crippen molar-refractivity contribution in [3.8, 4) is 5.75 Å². The summed E-state index contributed by atoms with van der Waals surface area (Å²) >= 11 is 3.30. The van der Waals surface area contributed by atoms with Crippen molar-refractivity contribution in [1.29, 1.82) is 0 Å². The Hall–Kier alpha value is -1.63. The average Bonchev–Trinajstić information content (AvgIpc) is 2.37. The first-order valence-electron chi connectivity index (χ1n) is 5.41. The Bertz CT molecular complexity index is 492. The first-order chi connectivity index (χ1) is 8.63. The summed E-state index contributed by atoms with van der Waals surface area (Å²) in [5, 5.41) is 11.5. The largest absolute Gasteiger partial charge is 0.482 e. The Labute approximate surface area is 112 Å². The van der Waals surface area contributed by atoms with Gasteiger partial charge in [-0.3, -0.25) is 14.9 Å². The molecule has 1 heterocycles. The van der Waals surface area contributed by atoms with Crippen LogP contribution in [0.3, 0.4) is 0 Å². The van der Waals surface area contributed by atoms with Crippen molar-refractivity contribution in [1.82, 2.24) is 0 Å². The Kier molecular flexibility index (Phi) is 3.81. The normalized spacial score (nSPS) is 14.1. The summed E-state index contributed by atoms with van der Waals surface area (Å²) in [6.07, 6.45) is 0.772. The quantitative estimate of drug-likeness (QED) is 0.484. The van der Waals surface area contributed by atoms with E-state index in [0.29, 0.717) is 18.0 Å². The maximum absolute atomic E-state index is 11.8. The van der Waals surface area contributed by atoms with Gasteiger partial charge in [-0.15, -0.1) is 0 Å². The average molecular weight is 315 g/mol. The van der Waals surface area contributed by atoms with Crippen molar-refractivity contribution in [2.24, 2.45) is 0 Å². The number of rotatable bonds is 4. The number of carbonyl (C=O) groups excluding carboxylic acids is 1. The second-order valence-electron chi connectivity index (χ2n) is 3.79. The van der Waals surface area contributed by atoms with E-state index < -0.39 is 4.92 Å². The molecule has 0 saturated heterocycles. The number of amides is 1. The Morgan fingerprint density at radius 1 is 1.50 bits per heavy atom. The lowest BCUT2D eigenvalue weighted by atomic mass is 10.2. The zero-order valence-corrected chi connectivity index (χ0v) is 11.1. The highest BCUT2D eigenvalue weighted by molar-refractivity contribution is 9.09. The molecule has 0 unspecified atom stereocenters. The van der Waals surface area contributed by atoms with Crippen LogP contribution in [0.15, 0.2) is 18.2 Å². The van der Waals surface area contributed by atoms with Gasteiger partial charge < -0.3 is 9.64 Å². The highest BCUT2D eigenvalue weighted by Gasteiger charge is 2.26. The van der Waals surface area contributed by atoms with E-state index in [-0.39, 0.29) is 18.2 Å². The first-order valence-corrected chi connectivity index (χ1v) is 6.53. The Balaban J connectivity index is 2.36. The second kappa shape index (κ2) is 5.34. The van der Waals surface area contributed by atoms with Gasteiger partial charge in [-0.1, -0.05) is 15.9 Å². The van der Waals surface area contributed by atoms with E-state index in [4.69, 9.17) is 4.74 Å². The predicted molar refractivity (Wildman–Crippen MR) is 69.4 cm³/mol. The molecule has 96 valence electrons. The van der Waals surface area contributed by atoms with Crippen molar-refractivity contribution < 1.29 is 14.5 Å². The van der Waals surface area contributed by atoms with Crippen LogP contribution in [0.25, 0.3) is 0 Å². The number of halogens is 1. The van der Waals surface area contributed by atoms with Gasteiger partial charge in [-0.05, 0) is 12.5 Å². The zero-order valence-electron chi connectivity index (χ0n) is 9.47. The second-order valence-corrected chi connectivity index (χ2v) is 4.58. The summed E-state index contributed by atoms with van der Waals surface area (Å²) in [6.45, 7) is 0.495. The van der Waals surface area contributed by atoms with E-state index in [0.717, 1.165) is 11.8 Å². The molecule has 0 bridgehead atoms. The van der Waals surface area contributed by atoms with Gasteiger partial charge in [0.2, 0.25) is 0 Å². The van der Waals surface area contributed by atoms with Crippen LogP contribution in [-0.4, -0.2) is 29.3 Å². The number of nitrogens with zero attached hydrogens (tertiary/aromatic N) is 2. The summed E-state index contributed by atoms with van der Waals surface area (Å²) < 4.78 is 5.26. The molecule has 1 amide bonds. The number of anilines is 1. The van der Waals surface area contributed by atoms with E-state index in [1.165, 1.54) is 23.1 Å². The number of carbonyl (C=O) groups is 1. The van der Waals surface area contributed by atoms with Crippen LogP contribution in [0.1, 0.15) is 6.42 Å². The van der Waals surface area contributed by atoms with Gasteiger partial charge in [0.25, 0.3) is 11.6 Å². The number of alkyl halides is 1. The lowest BCUT2D eigenvalue weighted by Crippen LogP contribution is -2.39. The van der Waals surface area contributed by atoms with Crippen molar-refractivity contribution in [2.75, 3.05) is 23.4 Å². The van der Waals surface area contributed by atoms with E-state index in [2.05, 4.69) is 15.9 Å². The maximum Gasteiger partial charge on any atom is 0.271 e. The van der Waals surface area contributed by atoms with Crippen LogP contribution in [-0.2, 0) is 4.79 Å². The number of nitro groups is 1. The van der Waals surface area contributed by atoms with Gasteiger partial charge in [0.05, 0.1) is 10.6 Å². The topological polar surface area (TPSA) is 72.7 Å². The maximum atomic E-state index is 11.8. The third-order valence-corrected chi connectivity index (χ3v) is 3.17. The van der Waals surface area contributed by atoms with Crippen LogP contribution in [0, 0.1) is 10.1 Å².